The van der Waals surface area contributed by atoms with Crippen LogP contribution >= 0.6 is 15.9 Å². The first-order chi connectivity index (χ1) is 8.79. The number of nitrogens with zero attached hydrogens (tertiary/aromatic N) is 1. The quantitative estimate of drug-likeness (QED) is 0.715. The van der Waals surface area contributed by atoms with Gasteiger partial charge in [-0.2, -0.15) is 13.2 Å². The minimum atomic E-state index is -4.51. The third-order valence-corrected chi connectivity index (χ3v) is 3.63. The fourth-order valence-corrected chi connectivity index (χ4v) is 2.35. The van der Waals surface area contributed by atoms with Gasteiger partial charge in [-0.05, 0) is 40.5 Å². The molecule has 7 heteroatoms. The van der Waals surface area contributed by atoms with E-state index in [2.05, 4.69) is 15.9 Å². The molecule has 1 amide bonds. The van der Waals surface area contributed by atoms with E-state index in [0.29, 0.717) is 0 Å². The molecule has 0 unspecified atom stereocenters. The molecule has 0 N–H and O–H groups in total. The number of hydrogen-bond donors (Lipinski definition) is 0. The van der Waals surface area contributed by atoms with Crippen LogP contribution in [-0.2, 0) is 6.18 Å². The van der Waals surface area contributed by atoms with Gasteiger partial charge < -0.3 is 4.90 Å². The summed E-state index contributed by atoms with van der Waals surface area (Å²) in [5, 5.41) is 0. The van der Waals surface area contributed by atoms with Gasteiger partial charge in [-0.25, -0.2) is 4.39 Å². The Hall–Kier alpha value is -1.11. The van der Waals surface area contributed by atoms with E-state index < -0.39 is 23.8 Å². The molecular formula is C12H10BrF4NO. The summed E-state index contributed by atoms with van der Waals surface area (Å²) in [6.07, 6.45) is -5.39. The van der Waals surface area contributed by atoms with Crippen molar-refractivity contribution in [2.45, 2.75) is 18.8 Å². The van der Waals surface area contributed by atoms with Gasteiger partial charge >= 0.3 is 6.18 Å². The van der Waals surface area contributed by atoms with Crippen molar-refractivity contribution in [3.05, 3.63) is 33.8 Å². The first-order valence-electron chi connectivity index (χ1n) is 5.59. The average Bonchev–Trinajstić information content (AvgIpc) is 2.74. The van der Waals surface area contributed by atoms with E-state index in [1.54, 1.807) is 0 Å². The average molecular weight is 340 g/mol. The Kier molecular flexibility index (Phi) is 3.85. The van der Waals surface area contributed by atoms with Crippen LogP contribution in [0, 0.1) is 0 Å². The number of hydrogen-bond acceptors (Lipinski definition) is 1. The summed E-state index contributed by atoms with van der Waals surface area (Å²) in [5.74, 6) is -0.585. The molecule has 1 aromatic rings. The van der Waals surface area contributed by atoms with Gasteiger partial charge in [-0.15, -0.1) is 0 Å². The normalized spacial score (nSPS) is 19.8. The number of benzene rings is 1. The van der Waals surface area contributed by atoms with E-state index in [9.17, 15) is 22.4 Å². The first kappa shape index (κ1) is 14.3. The second-order valence-electron chi connectivity index (χ2n) is 4.33. The zero-order valence-electron chi connectivity index (χ0n) is 9.68. The fraction of sp³-hybridized carbons (Fsp3) is 0.417. The molecule has 0 bridgehead atoms. The van der Waals surface area contributed by atoms with Crippen molar-refractivity contribution >= 4 is 21.8 Å². The maximum Gasteiger partial charge on any atom is 0.416 e. The standard InChI is InChI=1S/C12H10BrF4NO/c13-10-2-1-7(12(15,16)17)5-9(10)11(19)18-4-3-8(14)6-18/h1-2,5,8H,3-4,6H2/t8-/m0/s1. The molecule has 104 valence electrons. The van der Waals surface area contributed by atoms with Gasteiger partial charge in [0.1, 0.15) is 6.17 Å². The minimum Gasteiger partial charge on any atom is -0.336 e. The molecule has 1 fully saturated rings. The van der Waals surface area contributed by atoms with E-state index in [0.717, 1.165) is 12.1 Å². The number of rotatable bonds is 1. The zero-order valence-corrected chi connectivity index (χ0v) is 11.3. The van der Waals surface area contributed by atoms with Gasteiger partial charge in [-0.3, -0.25) is 4.79 Å². The second kappa shape index (κ2) is 5.11. The number of halogens is 5. The molecule has 0 spiro atoms. The number of carbonyl (C=O) groups is 1. The Bertz CT molecular complexity index is 503. The lowest BCUT2D eigenvalue weighted by molar-refractivity contribution is -0.137. The van der Waals surface area contributed by atoms with E-state index in [4.69, 9.17) is 0 Å². The number of alkyl halides is 4. The summed E-state index contributed by atoms with van der Waals surface area (Å²) < 4.78 is 51.1. The van der Waals surface area contributed by atoms with Crippen molar-refractivity contribution in [2.24, 2.45) is 0 Å². The van der Waals surface area contributed by atoms with Gasteiger partial charge in [0.2, 0.25) is 0 Å². The Labute approximate surface area is 115 Å². The molecule has 1 aliphatic heterocycles. The predicted octanol–water partition coefficient (Wildman–Crippen LogP) is 3.65. The minimum absolute atomic E-state index is 0.0679. The van der Waals surface area contributed by atoms with Gasteiger partial charge in [0.05, 0.1) is 17.7 Å². The van der Waals surface area contributed by atoms with Crippen molar-refractivity contribution in [1.29, 1.82) is 0 Å². The van der Waals surface area contributed by atoms with E-state index in [1.165, 1.54) is 11.0 Å². The molecule has 2 rings (SSSR count). The highest BCUT2D eigenvalue weighted by atomic mass is 79.9. The number of carbonyl (C=O) groups excluding carboxylic acids is 1. The SMILES string of the molecule is O=C(c1cc(C(F)(F)F)ccc1Br)N1CC[C@H](F)C1. The lowest BCUT2D eigenvalue weighted by Gasteiger charge is -2.17. The summed E-state index contributed by atoms with van der Waals surface area (Å²) >= 11 is 3.05. The van der Waals surface area contributed by atoms with Crippen molar-refractivity contribution < 1.29 is 22.4 Å². The second-order valence-corrected chi connectivity index (χ2v) is 5.18. The van der Waals surface area contributed by atoms with Crippen LogP contribution in [0.1, 0.15) is 22.3 Å². The monoisotopic (exact) mass is 339 g/mol. The van der Waals surface area contributed by atoms with E-state index in [1.807, 2.05) is 0 Å². The van der Waals surface area contributed by atoms with Crippen molar-refractivity contribution in [1.82, 2.24) is 4.90 Å². The van der Waals surface area contributed by atoms with Crippen LogP contribution in [0.15, 0.2) is 22.7 Å². The fourth-order valence-electron chi connectivity index (χ4n) is 1.94. The van der Waals surface area contributed by atoms with Crippen LogP contribution in [0.25, 0.3) is 0 Å². The molecule has 0 aromatic heterocycles. The lowest BCUT2D eigenvalue weighted by atomic mass is 10.1. The number of amides is 1. The van der Waals surface area contributed by atoms with Crippen LogP contribution in [0.4, 0.5) is 17.6 Å². The lowest BCUT2D eigenvalue weighted by Crippen LogP contribution is -2.29. The van der Waals surface area contributed by atoms with Gasteiger partial charge in [-0.1, -0.05) is 0 Å². The van der Waals surface area contributed by atoms with Crippen LogP contribution in [0.5, 0.6) is 0 Å². The first-order valence-corrected chi connectivity index (χ1v) is 6.38. The third kappa shape index (κ3) is 3.08. The van der Waals surface area contributed by atoms with Crippen molar-refractivity contribution in [3.8, 4) is 0 Å². The molecule has 2 nitrogen and oxygen atoms in total. The van der Waals surface area contributed by atoms with E-state index >= 15 is 0 Å². The Morgan fingerprint density at radius 3 is 2.58 bits per heavy atom. The van der Waals surface area contributed by atoms with Crippen LogP contribution < -0.4 is 0 Å². The van der Waals surface area contributed by atoms with E-state index in [-0.39, 0.29) is 29.5 Å². The molecular weight excluding hydrogens is 330 g/mol. The topological polar surface area (TPSA) is 20.3 Å². The van der Waals surface area contributed by atoms with Crippen LogP contribution in [0.2, 0.25) is 0 Å². The summed E-state index contributed by atoms with van der Waals surface area (Å²) in [5.41, 5.74) is -0.987. The van der Waals surface area contributed by atoms with Gasteiger partial charge in [0.15, 0.2) is 0 Å². The van der Waals surface area contributed by atoms with Crippen LogP contribution in [0.3, 0.4) is 0 Å². The zero-order chi connectivity index (χ0) is 14.2. The summed E-state index contributed by atoms with van der Waals surface area (Å²) in [4.78, 5) is 13.3. The Balaban J connectivity index is 2.31. The molecule has 1 heterocycles. The maximum atomic E-state index is 13.0. The molecule has 1 aromatic carbocycles. The molecule has 0 saturated carbocycles. The molecule has 1 saturated heterocycles. The summed E-state index contributed by atoms with van der Waals surface area (Å²) in [6, 6.07) is 2.86. The Morgan fingerprint density at radius 1 is 1.37 bits per heavy atom. The van der Waals surface area contributed by atoms with Crippen molar-refractivity contribution in [2.75, 3.05) is 13.1 Å². The van der Waals surface area contributed by atoms with Crippen molar-refractivity contribution in [3.63, 3.8) is 0 Å². The number of likely N-dealkylation sites (tertiary alicyclic amines) is 1. The highest BCUT2D eigenvalue weighted by molar-refractivity contribution is 9.10. The van der Waals surface area contributed by atoms with Gasteiger partial charge in [0.25, 0.3) is 5.91 Å². The van der Waals surface area contributed by atoms with Crippen LogP contribution in [-0.4, -0.2) is 30.1 Å². The molecule has 1 atom stereocenters. The summed E-state index contributed by atoms with van der Waals surface area (Å²) in [6.45, 7) is 0.157. The smallest absolute Gasteiger partial charge is 0.336 e. The molecule has 0 aliphatic carbocycles. The Morgan fingerprint density at radius 2 is 2.05 bits per heavy atom. The highest BCUT2D eigenvalue weighted by Gasteiger charge is 2.33. The maximum absolute atomic E-state index is 13.0. The highest BCUT2D eigenvalue weighted by Crippen LogP contribution is 2.32. The molecule has 1 aliphatic rings. The largest absolute Gasteiger partial charge is 0.416 e. The predicted molar refractivity (Wildman–Crippen MR) is 64.6 cm³/mol. The molecule has 0 radical (unpaired) electrons. The van der Waals surface area contributed by atoms with Gasteiger partial charge in [0, 0.05) is 11.0 Å². The third-order valence-electron chi connectivity index (χ3n) is 2.94. The summed E-state index contributed by atoms with van der Waals surface area (Å²) in [7, 11) is 0. The molecule has 19 heavy (non-hydrogen) atoms.